The van der Waals surface area contributed by atoms with Crippen LogP contribution in [-0.2, 0) is 0 Å². The topological polar surface area (TPSA) is 83.7 Å². The molecule has 1 aliphatic heterocycles. The first-order chi connectivity index (χ1) is 8.40. The molecule has 0 unspecified atom stereocenters. The molecule has 0 spiro atoms. The number of nitro groups is 1. The van der Waals surface area contributed by atoms with E-state index < -0.39 is 11.0 Å². The quantitative estimate of drug-likeness (QED) is 0.644. The molecule has 0 aliphatic carbocycles. The van der Waals surface area contributed by atoms with Crippen molar-refractivity contribution >= 4 is 11.8 Å². The molecule has 0 radical (unpaired) electrons. The highest BCUT2D eigenvalue weighted by molar-refractivity contribution is 5.66. The Balaban J connectivity index is 2.24. The van der Waals surface area contributed by atoms with E-state index in [0.717, 1.165) is 11.1 Å². The number of nitrogens with zero attached hydrogens (tertiary/aromatic N) is 2. The summed E-state index contributed by atoms with van der Waals surface area (Å²) >= 11 is 0. The number of carboxylic acid groups (broad SMARTS) is 1. The van der Waals surface area contributed by atoms with Crippen LogP contribution >= 0.6 is 0 Å². The first-order valence-electron chi connectivity index (χ1n) is 5.63. The summed E-state index contributed by atoms with van der Waals surface area (Å²) < 4.78 is 0. The van der Waals surface area contributed by atoms with Crippen molar-refractivity contribution in [3.05, 3.63) is 38.9 Å². The Labute approximate surface area is 104 Å². The van der Waals surface area contributed by atoms with Crippen molar-refractivity contribution in [2.75, 3.05) is 13.1 Å². The summed E-state index contributed by atoms with van der Waals surface area (Å²) in [5.74, 6) is 0.153. The van der Waals surface area contributed by atoms with Crippen LogP contribution < -0.4 is 0 Å². The van der Waals surface area contributed by atoms with Crippen molar-refractivity contribution in [1.29, 1.82) is 0 Å². The SMILES string of the molecule is Cc1cc([N+](=O)[O-])c(C)cc1C1CN(C(=O)O)C1. The van der Waals surface area contributed by atoms with Gasteiger partial charge in [0.05, 0.1) is 4.92 Å². The lowest BCUT2D eigenvalue weighted by molar-refractivity contribution is -0.385. The largest absolute Gasteiger partial charge is 0.465 e. The fourth-order valence-electron chi connectivity index (χ4n) is 2.29. The van der Waals surface area contributed by atoms with Gasteiger partial charge < -0.3 is 10.0 Å². The fourth-order valence-corrected chi connectivity index (χ4v) is 2.29. The van der Waals surface area contributed by atoms with Crippen molar-refractivity contribution < 1.29 is 14.8 Å². The van der Waals surface area contributed by atoms with Gasteiger partial charge in [-0.1, -0.05) is 0 Å². The summed E-state index contributed by atoms with van der Waals surface area (Å²) in [6.45, 7) is 4.46. The third-order valence-electron chi connectivity index (χ3n) is 3.37. The fraction of sp³-hybridized carbons (Fsp3) is 0.417. The molecule has 0 aromatic heterocycles. The van der Waals surface area contributed by atoms with E-state index in [4.69, 9.17) is 5.11 Å². The van der Waals surface area contributed by atoms with Gasteiger partial charge in [-0.15, -0.1) is 0 Å². The van der Waals surface area contributed by atoms with Gasteiger partial charge in [0.1, 0.15) is 0 Å². The molecule has 18 heavy (non-hydrogen) atoms. The van der Waals surface area contributed by atoms with E-state index in [1.807, 2.05) is 6.92 Å². The molecule has 1 heterocycles. The highest BCUT2D eigenvalue weighted by atomic mass is 16.6. The van der Waals surface area contributed by atoms with Crippen LogP contribution in [0.1, 0.15) is 22.6 Å². The van der Waals surface area contributed by atoms with E-state index in [2.05, 4.69) is 0 Å². The van der Waals surface area contributed by atoms with Crippen molar-refractivity contribution in [2.24, 2.45) is 0 Å². The Morgan fingerprint density at radius 2 is 2.00 bits per heavy atom. The number of benzene rings is 1. The van der Waals surface area contributed by atoms with Crippen LogP contribution in [0.25, 0.3) is 0 Å². The number of hydrogen-bond donors (Lipinski definition) is 1. The van der Waals surface area contributed by atoms with E-state index in [-0.39, 0.29) is 11.6 Å². The van der Waals surface area contributed by atoms with Crippen LogP contribution in [0.5, 0.6) is 0 Å². The first kappa shape index (κ1) is 12.3. The van der Waals surface area contributed by atoms with E-state index >= 15 is 0 Å². The molecule has 0 bridgehead atoms. The van der Waals surface area contributed by atoms with Gasteiger partial charge >= 0.3 is 6.09 Å². The number of carbonyl (C=O) groups is 1. The molecule has 1 aromatic carbocycles. The molecule has 1 saturated heterocycles. The minimum absolute atomic E-state index is 0.116. The maximum atomic E-state index is 10.8. The lowest BCUT2D eigenvalue weighted by atomic mass is 9.87. The highest BCUT2D eigenvalue weighted by Crippen LogP contribution is 2.32. The second-order valence-electron chi connectivity index (χ2n) is 4.64. The van der Waals surface area contributed by atoms with Gasteiger partial charge in [0, 0.05) is 30.6 Å². The molecule has 1 N–H and O–H groups in total. The molecule has 1 fully saturated rings. The molecule has 0 saturated carbocycles. The van der Waals surface area contributed by atoms with Gasteiger partial charge in [-0.2, -0.15) is 0 Å². The highest BCUT2D eigenvalue weighted by Gasteiger charge is 2.33. The molecule has 6 nitrogen and oxygen atoms in total. The van der Waals surface area contributed by atoms with Crippen LogP contribution in [0, 0.1) is 24.0 Å². The van der Waals surface area contributed by atoms with Crippen LogP contribution in [0.2, 0.25) is 0 Å². The lowest BCUT2D eigenvalue weighted by Crippen LogP contribution is -2.48. The Bertz CT molecular complexity index is 521. The minimum Gasteiger partial charge on any atom is -0.465 e. The monoisotopic (exact) mass is 250 g/mol. The van der Waals surface area contributed by atoms with Crippen LogP contribution in [0.15, 0.2) is 12.1 Å². The zero-order valence-corrected chi connectivity index (χ0v) is 10.2. The summed E-state index contributed by atoms with van der Waals surface area (Å²) in [4.78, 5) is 22.4. The van der Waals surface area contributed by atoms with E-state index in [9.17, 15) is 14.9 Å². The van der Waals surface area contributed by atoms with E-state index in [0.29, 0.717) is 18.7 Å². The second kappa shape index (κ2) is 4.29. The molecule has 1 aliphatic rings. The number of nitro benzene ring substituents is 1. The molecule has 96 valence electrons. The third kappa shape index (κ3) is 2.01. The van der Waals surface area contributed by atoms with Gasteiger partial charge in [-0.25, -0.2) is 4.79 Å². The maximum Gasteiger partial charge on any atom is 0.407 e. The van der Waals surface area contributed by atoms with E-state index in [1.54, 1.807) is 19.1 Å². The van der Waals surface area contributed by atoms with Gasteiger partial charge in [0.2, 0.25) is 0 Å². The predicted molar refractivity (Wildman–Crippen MR) is 64.9 cm³/mol. The Morgan fingerprint density at radius 3 is 2.50 bits per heavy atom. The zero-order chi connectivity index (χ0) is 13.4. The summed E-state index contributed by atoms with van der Waals surface area (Å²) in [5, 5.41) is 19.6. The summed E-state index contributed by atoms with van der Waals surface area (Å²) in [7, 11) is 0. The molecule has 0 atom stereocenters. The van der Waals surface area contributed by atoms with Gasteiger partial charge in [-0.3, -0.25) is 10.1 Å². The average Bonchev–Trinajstić information content (AvgIpc) is 2.19. The first-order valence-corrected chi connectivity index (χ1v) is 5.63. The van der Waals surface area contributed by atoms with Gasteiger partial charge in [0.15, 0.2) is 0 Å². The van der Waals surface area contributed by atoms with Crippen LogP contribution in [0.3, 0.4) is 0 Å². The average molecular weight is 250 g/mol. The number of rotatable bonds is 2. The Hall–Kier alpha value is -2.11. The van der Waals surface area contributed by atoms with Gasteiger partial charge in [0.25, 0.3) is 5.69 Å². The summed E-state index contributed by atoms with van der Waals surface area (Å²) in [6.07, 6.45) is -0.914. The smallest absolute Gasteiger partial charge is 0.407 e. The normalized spacial score (nSPS) is 15.3. The number of aryl methyl sites for hydroxylation is 2. The van der Waals surface area contributed by atoms with Crippen molar-refractivity contribution in [1.82, 2.24) is 4.90 Å². The maximum absolute atomic E-state index is 10.8. The second-order valence-corrected chi connectivity index (χ2v) is 4.64. The van der Waals surface area contributed by atoms with Gasteiger partial charge in [-0.05, 0) is 31.0 Å². The number of amides is 1. The molecule has 1 amide bonds. The van der Waals surface area contributed by atoms with Crippen molar-refractivity contribution in [2.45, 2.75) is 19.8 Å². The zero-order valence-electron chi connectivity index (χ0n) is 10.2. The molecule has 2 rings (SSSR count). The molecule has 1 aromatic rings. The van der Waals surface area contributed by atoms with Crippen molar-refractivity contribution in [3.63, 3.8) is 0 Å². The summed E-state index contributed by atoms with van der Waals surface area (Å²) in [6, 6.07) is 3.37. The molecular formula is C12H14N2O4. The Morgan fingerprint density at radius 1 is 1.39 bits per heavy atom. The molecular weight excluding hydrogens is 236 g/mol. The standard InChI is InChI=1S/C12H14N2O4/c1-7-4-11(14(17)18)8(2)3-10(7)9-5-13(6-9)12(15)16/h3-4,9H,5-6H2,1-2H3,(H,15,16). The molecule has 6 heteroatoms. The Kier molecular flexibility index (Phi) is 2.94. The van der Waals surface area contributed by atoms with Crippen LogP contribution in [0.4, 0.5) is 10.5 Å². The summed E-state index contributed by atoms with van der Waals surface area (Å²) in [5.41, 5.74) is 2.60. The van der Waals surface area contributed by atoms with E-state index in [1.165, 1.54) is 4.90 Å². The lowest BCUT2D eigenvalue weighted by Gasteiger charge is -2.38. The number of likely N-dealkylation sites (tertiary alicyclic amines) is 1. The third-order valence-corrected chi connectivity index (χ3v) is 3.37. The van der Waals surface area contributed by atoms with Crippen molar-refractivity contribution in [3.8, 4) is 0 Å². The number of hydrogen-bond acceptors (Lipinski definition) is 3. The predicted octanol–water partition coefficient (Wildman–Crippen LogP) is 2.29. The van der Waals surface area contributed by atoms with Crippen LogP contribution in [-0.4, -0.2) is 34.1 Å². The minimum atomic E-state index is -0.914.